The first kappa shape index (κ1) is 9.99. The Bertz CT molecular complexity index is 222. The van der Waals surface area contributed by atoms with E-state index >= 15 is 0 Å². The van der Waals surface area contributed by atoms with Crippen LogP contribution in [0.4, 0.5) is 0 Å². The third-order valence-electron chi connectivity index (χ3n) is 2.03. The lowest BCUT2D eigenvalue weighted by Crippen LogP contribution is -2.20. The smallest absolute Gasteiger partial charge is 0.137 e. The topological polar surface area (TPSA) is 48.1 Å². The largest absolute Gasteiger partial charge is 0.492 e. The van der Waals surface area contributed by atoms with Crippen molar-refractivity contribution < 1.29 is 4.74 Å². The van der Waals surface area contributed by atoms with E-state index in [0.29, 0.717) is 19.1 Å². The van der Waals surface area contributed by atoms with Crippen molar-refractivity contribution in [3.8, 4) is 5.75 Å². The summed E-state index contributed by atoms with van der Waals surface area (Å²) in [5.74, 6) is 1.26. The van der Waals surface area contributed by atoms with E-state index in [1.165, 1.54) is 0 Å². The van der Waals surface area contributed by atoms with Crippen molar-refractivity contribution in [2.75, 3.05) is 13.2 Å². The Labute approximate surface area is 78.9 Å². The summed E-state index contributed by atoms with van der Waals surface area (Å²) < 4.78 is 5.51. The quantitative estimate of drug-likeness (QED) is 0.746. The predicted molar refractivity (Wildman–Crippen MR) is 52.6 cm³/mol. The summed E-state index contributed by atoms with van der Waals surface area (Å²) in [6, 6.07) is 3.76. The van der Waals surface area contributed by atoms with Gasteiger partial charge in [-0.05, 0) is 25.1 Å². The third-order valence-corrected chi connectivity index (χ3v) is 2.03. The number of nitrogens with zero attached hydrogens (tertiary/aromatic N) is 1. The van der Waals surface area contributed by atoms with Gasteiger partial charge in [0.25, 0.3) is 0 Å². The van der Waals surface area contributed by atoms with Crippen LogP contribution in [0.5, 0.6) is 5.75 Å². The van der Waals surface area contributed by atoms with Crippen molar-refractivity contribution in [1.82, 2.24) is 4.98 Å². The summed E-state index contributed by atoms with van der Waals surface area (Å²) >= 11 is 0. The summed E-state index contributed by atoms with van der Waals surface area (Å²) in [5.41, 5.74) is 5.55. The summed E-state index contributed by atoms with van der Waals surface area (Å²) in [5, 5.41) is 0. The molecule has 1 aromatic rings. The number of hydrogen-bond donors (Lipinski definition) is 1. The Balaban J connectivity index is 2.34. The first-order chi connectivity index (χ1) is 6.36. The van der Waals surface area contributed by atoms with Crippen molar-refractivity contribution in [1.29, 1.82) is 0 Å². The highest BCUT2D eigenvalue weighted by Gasteiger charge is 2.03. The maximum Gasteiger partial charge on any atom is 0.137 e. The van der Waals surface area contributed by atoms with Crippen LogP contribution in [0.15, 0.2) is 24.5 Å². The van der Waals surface area contributed by atoms with Crippen LogP contribution in [0.1, 0.15) is 13.3 Å². The second kappa shape index (κ2) is 5.54. The molecule has 1 rings (SSSR count). The van der Waals surface area contributed by atoms with Gasteiger partial charge >= 0.3 is 0 Å². The van der Waals surface area contributed by atoms with Gasteiger partial charge in [0.1, 0.15) is 5.75 Å². The standard InChI is InChI=1S/C10H16N2O/c1-2-9(6-11)8-13-10-4-3-5-12-7-10/h3-5,7,9H,2,6,8,11H2,1H3. The van der Waals surface area contributed by atoms with Gasteiger partial charge in [0, 0.05) is 12.1 Å². The number of hydrogen-bond acceptors (Lipinski definition) is 3. The van der Waals surface area contributed by atoms with E-state index < -0.39 is 0 Å². The van der Waals surface area contributed by atoms with Gasteiger partial charge in [0.05, 0.1) is 12.8 Å². The molecule has 1 heterocycles. The molecule has 0 saturated carbocycles. The molecule has 1 aromatic heterocycles. The van der Waals surface area contributed by atoms with E-state index in [4.69, 9.17) is 10.5 Å². The van der Waals surface area contributed by atoms with Crippen molar-refractivity contribution in [2.45, 2.75) is 13.3 Å². The molecule has 2 N–H and O–H groups in total. The molecule has 0 aromatic carbocycles. The molecular weight excluding hydrogens is 164 g/mol. The number of rotatable bonds is 5. The predicted octanol–water partition coefficient (Wildman–Crippen LogP) is 1.45. The van der Waals surface area contributed by atoms with E-state index in [9.17, 15) is 0 Å². The van der Waals surface area contributed by atoms with Crippen molar-refractivity contribution in [3.63, 3.8) is 0 Å². The van der Waals surface area contributed by atoms with Gasteiger partial charge in [0.15, 0.2) is 0 Å². The minimum atomic E-state index is 0.445. The maximum atomic E-state index is 5.55. The SMILES string of the molecule is CCC(CN)COc1cccnc1. The van der Waals surface area contributed by atoms with Crippen molar-refractivity contribution in [3.05, 3.63) is 24.5 Å². The summed E-state index contributed by atoms with van der Waals surface area (Å²) in [6.07, 6.45) is 4.49. The molecule has 0 aliphatic carbocycles. The molecule has 1 atom stereocenters. The molecule has 3 nitrogen and oxygen atoms in total. The number of ether oxygens (including phenoxy) is 1. The van der Waals surface area contributed by atoms with Crippen molar-refractivity contribution >= 4 is 0 Å². The molecule has 0 fully saturated rings. The molecule has 0 aliphatic rings. The number of pyridine rings is 1. The molecule has 13 heavy (non-hydrogen) atoms. The highest BCUT2D eigenvalue weighted by Crippen LogP contribution is 2.09. The van der Waals surface area contributed by atoms with Crippen LogP contribution in [0.2, 0.25) is 0 Å². The molecule has 1 unspecified atom stereocenters. The van der Waals surface area contributed by atoms with Crippen LogP contribution >= 0.6 is 0 Å². The molecule has 72 valence electrons. The molecule has 0 spiro atoms. The zero-order valence-electron chi connectivity index (χ0n) is 7.94. The van der Waals surface area contributed by atoms with Gasteiger partial charge in [0.2, 0.25) is 0 Å². The number of nitrogens with two attached hydrogens (primary N) is 1. The molecule has 0 amide bonds. The van der Waals surface area contributed by atoms with Crippen LogP contribution in [0.3, 0.4) is 0 Å². The van der Waals surface area contributed by atoms with Gasteiger partial charge in [-0.25, -0.2) is 0 Å². The zero-order chi connectivity index (χ0) is 9.52. The highest BCUT2D eigenvalue weighted by molar-refractivity contribution is 5.15. The highest BCUT2D eigenvalue weighted by atomic mass is 16.5. The van der Waals surface area contributed by atoms with E-state index in [0.717, 1.165) is 12.2 Å². The van der Waals surface area contributed by atoms with Crippen LogP contribution < -0.4 is 10.5 Å². The van der Waals surface area contributed by atoms with Crippen LogP contribution in [0.25, 0.3) is 0 Å². The van der Waals surface area contributed by atoms with Gasteiger partial charge < -0.3 is 10.5 Å². The minimum Gasteiger partial charge on any atom is -0.492 e. The van der Waals surface area contributed by atoms with E-state index in [1.807, 2.05) is 12.1 Å². The molecule has 0 radical (unpaired) electrons. The lowest BCUT2D eigenvalue weighted by Gasteiger charge is -2.12. The molecule has 0 saturated heterocycles. The second-order valence-electron chi connectivity index (χ2n) is 3.01. The molecule has 0 aliphatic heterocycles. The van der Waals surface area contributed by atoms with Gasteiger partial charge in [-0.15, -0.1) is 0 Å². The minimum absolute atomic E-state index is 0.445. The van der Waals surface area contributed by atoms with E-state index in [2.05, 4.69) is 11.9 Å². The monoisotopic (exact) mass is 180 g/mol. The first-order valence-corrected chi connectivity index (χ1v) is 4.59. The molecular formula is C10H16N2O. The Kier molecular flexibility index (Phi) is 4.26. The van der Waals surface area contributed by atoms with Crippen LogP contribution in [0, 0.1) is 5.92 Å². The number of aromatic nitrogens is 1. The third kappa shape index (κ3) is 3.42. The maximum absolute atomic E-state index is 5.55. The Hall–Kier alpha value is -1.09. The van der Waals surface area contributed by atoms with Crippen LogP contribution in [-0.2, 0) is 0 Å². The first-order valence-electron chi connectivity index (χ1n) is 4.59. The Morgan fingerprint density at radius 1 is 1.62 bits per heavy atom. The average Bonchev–Trinajstić information content (AvgIpc) is 2.21. The van der Waals surface area contributed by atoms with E-state index in [1.54, 1.807) is 12.4 Å². The summed E-state index contributed by atoms with van der Waals surface area (Å²) in [6.45, 7) is 3.47. The van der Waals surface area contributed by atoms with Gasteiger partial charge in [-0.1, -0.05) is 6.92 Å². The average molecular weight is 180 g/mol. The molecule has 0 bridgehead atoms. The lowest BCUT2D eigenvalue weighted by molar-refractivity contribution is 0.248. The normalized spacial score (nSPS) is 12.5. The fourth-order valence-corrected chi connectivity index (χ4v) is 0.999. The fraction of sp³-hybridized carbons (Fsp3) is 0.500. The Morgan fingerprint density at radius 2 is 2.46 bits per heavy atom. The van der Waals surface area contributed by atoms with E-state index in [-0.39, 0.29) is 0 Å². The van der Waals surface area contributed by atoms with Crippen LogP contribution in [-0.4, -0.2) is 18.1 Å². The zero-order valence-corrected chi connectivity index (χ0v) is 7.94. The molecule has 3 heteroatoms. The summed E-state index contributed by atoms with van der Waals surface area (Å²) in [7, 11) is 0. The fourth-order valence-electron chi connectivity index (χ4n) is 0.999. The van der Waals surface area contributed by atoms with Gasteiger partial charge in [-0.3, -0.25) is 4.98 Å². The second-order valence-corrected chi connectivity index (χ2v) is 3.01. The van der Waals surface area contributed by atoms with Crippen molar-refractivity contribution in [2.24, 2.45) is 11.7 Å². The Morgan fingerprint density at radius 3 is 3.00 bits per heavy atom. The summed E-state index contributed by atoms with van der Waals surface area (Å²) in [4.78, 5) is 3.96. The van der Waals surface area contributed by atoms with Gasteiger partial charge in [-0.2, -0.15) is 0 Å². The lowest BCUT2D eigenvalue weighted by atomic mass is 10.1.